The topological polar surface area (TPSA) is 74.2 Å². The van der Waals surface area contributed by atoms with Gasteiger partial charge in [-0.3, -0.25) is 4.79 Å². The Hall–Kier alpha value is -3.93. The minimum atomic E-state index is -0.531. The lowest BCUT2D eigenvalue weighted by atomic mass is 10.1. The molecule has 1 aliphatic heterocycles. The zero-order chi connectivity index (χ0) is 20.4. The molecular formula is C23H17NO5. The number of methoxy groups -OCH3 is 1. The van der Waals surface area contributed by atoms with E-state index in [1.54, 1.807) is 24.3 Å². The van der Waals surface area contributed by atoms with E-state index >= 15 is 0 Å². The van der Waals surface area contributed by atoms with Crippen molar-refractivity contribution in [3.63, 3.8) is 0 Å². The summed E-state index contributed by atoms with van der Waals surface area (Å²) in [5.74, 6) is -0.0405. The maximum Gasteiger partial charge on any atom is 0.363 e. The summed E-state index contributed by atoms with van der Waals surface area (Å²) in [5.41, 5.74) is 1.56. The third kappa shape index (κ3) is 3.87. The zero-order valence-corrected chi connectivity index (χ0v) is 15.8. The molecule has 1 aliphatic rings. The van der Waals surface area contributed by atoms with Crippen molar-refractivity contribution in [3.05, 3.63) is 77.5 Å². The first-order valence-corrected chi connectivity index (χ1v) is 8.92. The van der Waals surface area contributed by atoms with Crippen LogP contribution in [0.1, 0.15) is 18.1 Å². The second kappa shape index (κ2) is 7.59. The van der Waals surface area contributed by atoms with Crippen LogP contribution in [0.4, 0.5) is 0 Å². The molecule has 0 bridgehead atoms. The van der Waals surface area contributed by atoms with Crippen LogP contribution in [0.15, 0.2) is 71.4 Å². The molecule has 29 heavy (non-hydrogen) atoms. The molecule has 4 rings (SSSR count). The van der Waals surface area contributed by atoms with E-state index in [4.69, 9.17) is 14.2 Å². The van der Waals surface area contributed by atoms with Gasteiger partial charge in [0.15, 0.2) is 17.2 Å². The van der Waals surface area contributed by atoms with Crippen LogP contribution in [0.2, 0.25) is 0 Å². The Kier molecular flexibility index (Phi) is 4.83. The Morgan fingerprint density at radius 3 is 2.55 bits per heavy atom. The molecule has 6 nitrogen and oxygen atoms in total. The van der Waals surface area contributed by atoms with E-state index in [2.05, 4.69) is 4.99 Å². The molecule has 0 amide bonds. The fourth-order valence-corrected chi connectivity index (χ4v) is 3.03. The summed E-state index contributed by atoms with van der Waals surface area (Å²) in [6, 6.07) is 18.6. The SMILES string of the molecule is COc1cc(C=C2N=C(c3ccc4ccccc4c3)OC2=O)ccc1OC(C)=O. The van der Waals surface area contributed by atoms with E-state index in [-0.39, 0.29) is 11.6 Å². The standard InChI is InChI=1S/C23H17NO5/c1-14(25)28-20-10-7-15(12-21(20)27-2)11-19-23(26)29-22(24-19)18-9-8-16-5-3-4-6-17(16)13-18/h3-13H,1-2H3. The number of carbonyl (C=O) groups is 2. The first kappa shape index (κ1) is 18.4. The highest BCUT2D eigenvalue weighted by atomic mass is 16.6. The van der Waals surface area contributed by atoms with Crippen LogP contribution < -0.4 is 9.47 Å². The van der Waals surface area contributed by atoms with Crippen LogP contribution in [0.5, 0.6) is 11.5 Å². The molecule has 1 heterocycles. The molecule has 0 saturated heterocycles. The maximum absolute atomic E-state index is 12.3. The Balaban J connectivity index is 1.66. The van der Waals surface area contributed by atoms with Crippen molar-refractivity contribution in [2.45, 2.75) is 6.92 Å². The van der Waals surface area contributed by atoms with E-state index in [0.717, 1.165) is 16.3 Å². The average Bonchev–Trinajstić information content (AvgIpc) is 3.08. The first-order chi connectivity index (χ1) is 14.0. The van der Waals surface area contributed by atoms with Crippen molar-refractivity contribution in [1.29, 1.82) is 0 Å². The Bertz CT molecular complexity index is 1190. The molecule has 0 saturated carbocycles. The van der Waals surface area contributed by atoms with Gasteiger partial charge in [-0.25, -0.2) is 9.79 Å². The van der Waals surface area contributed by atoms with Crippen LogP contribution in [0.25, 0.3) is 16.8 Å². The Morgan fingerprint density at radius 1 is 1.00 bits per heavy atom. The number of aliphatic imine (C=N–C) groups is 1. The predicted molar refractivity (Wildman–Crippen MR) is 109 cm³/mol. The quantitative estimate of drug-likeness (QED) is 0.382. The molecule has 6 heteroatoms. The van der Waals surface area contributed by atoms with E-state index < -0.39 is 11.9 Å². The minimum Gasteiger partial charge on any atom is -0.493 e. The smallest absolute Gasteiger partial charge is 0.363 e. The second-order valence-electron chi connectivity index (χ2n) is 6.40. The van der Waals surface area contributed by atoms with Crippen LogP contribution in [-0.2, 0) is 14.3 Å². The predicted octanol–water partition coefficient (Wildman–Crippen LogP) is 4.12. The van der Waals surface area contributed by atoms with Gasteiger partial charge in [0.05, 0.1) is 7.11 Å². The Labute approximate surface area is 167 Å². The van der Waals surface area contributed by atoms with Crippen molar-refractivity contribution in [1.82, 2.24) is 0 Å². The summed E-state index contributed by atoms with van der Waals surface area (Å²) in [6.45, 7) is 1.31. The molecule has 0 N–H and O–H groups in total. The lowest BCUT2D eigenvalue weighted by Gasteiger charge is -2.08. The lowest BCUT2D eigenvalue weighted by Crippen LogP contribution is -2.05. The molecule has 3 aromatic rings. The van der Waals surface area contributed by atoms with Crippen LogP contribution >= 0.6 is 0 Å². The van der Waals surface area contributed by atoms with Gasteiger partial charge in [0, 0.05) is 12.5 Å². The van der Waals surface area contributed by atoms with Crippen molar-refractivity contribution >= 4 is 34.7 Å². The van der Waals surface area contributed by atoms with Gasteiger partial charge in [0.2, 0.25) is 5.90 Å². The van der Waals surface area contributed by atoms with Gasteiger partial charge in [-0.05, 0) is 46.7 Å². The summed E-state index contributed by atoms with van der Waals surface area (Å²) < 4.78 is 15.7. The summed E-state index contributed by atoms with van der Waals surface area (Å²) in [5, 5.41) is 2.13. The van der Waals surface area contributed by atoms with Gasteiger partial charge in [0.25, 0.3) is 0 Å². The third-order valence-corrected chi connectivity index (χ3v) is 4.36. The molecule has 0 spiro atoms. The highest BCUT2D eigenvalue weighted by Crippen LogP contribution is 2.30. The number of esters is 2. The van der Waals surface area contributed by atoms with Gasteiger partial charge in [-0.2, -0.15) is 0 Å². The number of hydrogen-bond acceptors (Lipinski definition) is 6. The van der Waals surface area contributed by atoms with Crippen molar-refractivity contribution < 1.29 is 23.8 Å². The molecule has 0 unspecified atom stereocenters. The van der Waals surface area contributed by atoms with Crippen LogP contribution in [0.3, 0.4) is 0 Å². The average molecular weight is 387 g/mol. The number of benzene rings is 3. The molecule has 0 aromatic heterocycles. The minimum absolute atomic E-state index is 0.176. The number of carbonyl (C=O) groups excluding carboxylic acids is 2. The van der Waals surface area contributed by atoms with Gasteiger partial charge in [-0.15, -0.1) is 0 Å². The summed E-state index contributed by atoms with van der Waals surface area (Å²) >= 11 is 0. The van der Waals surface area contributed by atoms with Crippen LogP contribution in [0, 0.1) is 0 Å². The maximum atomic E-state index is 12.3. The van der Waals surface area contributed by atoms with Crippen molar-refractivity contribution in [2.75, 3.05) is 7.11 Å². The van der Waals surface area contributed by atoms with Crippen LogP contribution in [-0.4, -0.2) is 24.9 Å². The van der Waals surface area contributed by atoms with E-state index in [0.29, 0.717) is 17.1 Å². The summed E-state index contributed by atoms with van der Waals surface area (Å²) in [4.78, 5) is 27.8. The number of cyclic esters (lactones) is 1. The van der Waals surface area contributed by atoms with E-state index in [1.807, 2.05) is 42.5 Å². The lowest BCUT2D eigenvalue weighted by molar-refractivity contribution is -0.132. The highest BCUT2D eigenvalue weighted by Gasteiger charge is 2.24. The summed E-state index contributed by atoms with van der Waals surface area (Å²) in [7, 11) is 1.47. The Morgan fingerprint density at radius 2 is 1.79 bits per heavy atom. The fraction of sp³-hybridized carbons (Fsp3) is 0.0870. The molecule has 0 aliphatic carbocycles. The van der Waals surface area contributed by atoms with Crippen molar-refractivity contribution in [3.8, 4) is 11.5 Å². The molecule has 0 fully saturated rings. The molecule has 3 aromatic carbocycles. The number of hydrogen-bond donors (Lipinski definition) is 0. The number of ether oxygens (including phenoxy) is 3. The van der Waals surface area contributed by atoms with E-state index in [9.17, 15) is 9.59 Å². The molecule has 144 valence electrons. The molecule has 0 atom stereocenters. The van der Waals surface area contributed by atoms with Crippen molar-refractivity contribution in [2.24, 2.45) is 4.99 Å². The molecule has 0 radical (unpaired) electrons. The number of nitrogens with zero attached hydrogens (tertiary/aromatic N) is 1. The highest BCUT2D eigenvalue weighted by molar-refractivity contribution is 6.13. The second-order valence-corrected chi connectivity index (χ2v) is 6.40. The third-order valence-electron chi connectivity index (χ3n) is 4.36. The van der Waals surface area contributed by atoms with E-state index in [1.165, 1.54) is 14.0 Å². The number of fused-ring (bicyclic) bond motifs is 1. The van der Waals surface area contributed by atoms with Gasteiger partial charge < -0.3 is 14.2 Å². The normalized spacial score (nSPS) is 14.6. The number of rotatable bonds is 4. The molecular weight excluding hydrogens is 370 g/mol. The summed E-state index contributed by atoms with van der Waals surface area (Å²) in [6.07, 6.45) is 1.59. The monoisotopic (exact) mass is 387 g/mol. The van der Waals surface area contributed by atoms with Gasteiger partial charge >= 0.3 is 11.9 Å². The van der Waals surface area contributed by atoms with Gasteiger partial charge in [0.1, 0.15) is 0 Å². The largest absolute Gasteiger partial charge is 0.493 e. The first-order valence-electron chi connectivity index (χ1n) is 8.92. The zero-order valence-electron chi connectivity index (χ0n) is 15.8. The fourth-order valence-electron chi connectivity index (χ4n) is 3.03. The van der Waals surface area contributed by atoms with Gasteiger partial charge in [-0.1, -0.05) is 36.4 Å².